The van der Waals surface area contributed by atoms with Gasteiger partial charge in [-0.3, -0.25) is 0 Å². The van der Waals surface area contributed by atoms with Crippen molar-refractivity contribution in [3.63, 3.8) is 0 Å². The van der Waals surface area contributed by atoms with Gasteiger partial charge in [-0.15, -0.1) is 11.3 Å². The number of esters is 1. The van der Waals surface area contributed by atoms with Crippen molar-refractivity contribution in [1.29, 1.82) is 0 Å². The van der Waals surface area contributed by atoms with E-state index in [9.17, 15) is 4.79 Å². The number of carbonyl (C=O) groups is 1. The van der Waals surface area contributed by atoms with Crippen LogP contribution >= 0.6 is 22.9 Å². The van der Waals surface area contributed by atoms with E-state index in [2.05, 4.69) is 5.32 Å². The molecule has 1 unspecified atom stereocenters. The summed E-state index contributed by atoms with van der Waals surface area (Å²) in [6.45, 7) is 3.97. The number of nitrogens with one attached hydrogen (secondary N) is 1. The molecular formula is C15H16ClNO2S. The summed E-state index contributed by atoms with van der Waals surface area (Å²) in [6, 6.07) is 9.60. The van der Waals surface area contributed by atoms with Crippen molar-refractivity contribution in [2.24, 2.45) is 0 Å². The van der Waals surface area contributed by atoms with Gasteiger partial charge in [0, 0.05) is 10.6 Å². The second-order valence-corrected chi connectivity index (χ2v) is 6.30. The lowest BCUT2D eigenvalue weighted by molar-refractivity contribution is 0.0601. The molecule has 0 aliphatic rings. The topological polar surface area (TPSA) is 38.3 Å². The van der Waals surface area contributed by atoms with Crippen LogP contribution in [-0.4, -0.2) is 13.1 Å². The summed E-state index contributed by atoms with van der Waals surface area (Å²) in [5.74, 6) is -0.340. The fourth-order valence-corrected chi connectivity index (χ4v) is 2.99. The largest absolute Gasteiger partial charge is 0.465 e. The van der Waals surface area contributed by atoms with Crippen LogP contribution in [0.1, 0.15) is 33.8 Å². The van der Waals surface area contributed by atoms with Gasteiger partial charge in [0.15, 0.2) is 0 Å². The average Bonchev–Trinajstić information content (AvgIpc) is 2.86. The number of hydrogen-bond acceptors (Lipinski definition) is 4. The molecule has 1 N–H and O–H groups in total. The van der Waals surface area contributed by atoms with Crippen LogP contribution in [0.3, 0.4) is 0 Å². The Hall–Kier alpha value is -1.52. The molecular weight excluding hydrogens is 294 g/mol. The smallest absolute Gasteiger partial charge is 0.339 e. The molecule has 0 amide bonds. The Morgan fingerprint density at radius 1 is 1.35 bits per heavy atom. The molecule has 0 aliphatic heterocycles. The maximum atomic E-state index is 11.8. The number of benzene rings is 1. The Morgan fingerprint density at radius 2 is 2.10 bits per heavy atom. The van der Waals surface area contributed by atoms with Crippen LogP contribution in [0.2, 0.25) is 4.34 Å². The molecule has 1 aromatic carbocycles. The molecule has 2 aromatic rings. The number of aryl methyl sites for hydroxylation is 1. The molecule has 0 spiro atoms. The fraction of sp³-hybridized carbons (Fsp3) is 0.267. The van der Waals surface area contributed by atoms with E-state index in [0.29, 0.717) is 5.56 Å². The van der Waals surface area contributed by atoms with Crippen LogP contribution in [0, 0.1) is 6.92 Å². The molecule has 0 radical (unpaired) electrons. The van der Waals surface area contributed by atoms with Crippen molar-refractivity contribution in [3.05, 3.63) is 50.7 Å². The van der Waals surface area contributed by atoms with Gasteiger partial charge in [0.05, 0.1) is 23.1 Å². The summed E-state index contributed by atoms with van der Waals surface area (Å²) < 4.78 is 5.58. The van der Waals surface area contributed by atoms with Crippen molar-refractivity contribution < 1.29 is 9.53 Å². The SMILES string of the molecule is COC(=O)c1cc(C)ccc1NC(C)c1ccc(Cl)s1. The van der Waals surface area contributed by atoms with Gasteiger partial charge in [0.2, 0.25) is 0 Å². The number of carbonyl (C=O) groups excluding carboxylic acids is 1. The number of ether oxygens (including phenoxy) is 1. The van der Waals surface area contributed by atoms with Crippen LogP contribution in [0.25, 0.3) is 0 Å². The standard InChI is InChI=1S/C15H16ClNO2S/c1-9-4-5-12(11(8-9)15(18)19-3)17-10(2)13-6-7-14(16)20-13/h4-8,10,17H,1-3H3. The predicted octanol–water partition coefficient (Wildman–Crippen LogP) is 4.67. The van der Waals surface area contributed by atoms with Crippen LogP contribution in [0.4, 0.5) is 5.69 Å². The van der Waals surface area contributed by atoms with E-state index in [1.54, 1.807) is 0 Å². The molecule has 0 saturated heterocycles. The van der Waals surface area contributed by atoms with E-state index in [4.69, 9.17) is 16.3 Å². The molecule has 20 heavy (non-hydrogen) atoms. The number of halogens is 1. The van der Waals surface area contributed by atoms with Gasteiger partial charge in [-0.2, -0.15) is 0 Å². The van der Waals surface area contributed by atoms with Crippen LogP contribution in [-0.2, 0) is 4.74 Å². The zero-order valence-electron chi connectivity index (χ0n) is 11.6. The maximum Gasteiger partial charge on any atom is 0.339 e. The molecule has 2 rings (SSSR count). The Kier molecular flexibility index (Phi) is 4.68. The van der Waals surface area contributed by atoms with Gasteiger partial charge in [0.1, 0.15) is 0 Å². The highest BCUT2D eigenvalue weighted by Gasteiger charge is 2.15. The Morgan fingerprint density at radius 3 is 2.70 bits per heavy atom. The molecule has 106 valence electrons. The van der Waals surface area contributed by atoms with Crippen LogP contribution in [0.5, 0.6) is 0 Å². The van der Waals surface area contributed by atoms with E-state index in [1.165, 1.54) is 18.4 Å². The first-order valence-electron chi connectivity index (χ1n) is 6.22. The molecule has 1 aromatic heterocycles. The molecule has 0 saturated carbocycles. The summed E-state index contributed by atoms with van der Waals surface area (Å²) in [5.41, 5.74) is 2.32. The number of hydrogen-bond donors (Lipinski definition) is 1. The first-order valence-corrected chi connectivity index (χ1v) is 7.41. The lowest BCUT2D eigenvalue weighted by atomic mass is 10.1. The normalized spacial score (nSPS) is 12.0. The Labute approximate surface area is 127 Å². The highest BCUT2D eigenvalue weighted by atomic mass is 35.5. The monoisotopic (exact) mass is 309 g/mol. The molecule has 0 bridgehead atoms. The third-order valence-electron chi connectivity index (χ3n) is 2.97. The van der Waals surface area contributed by atoms with Crippen molar-refractivity contribution in [2.45, 2.75) is 19.9 Å². The predicted molar refractivity (Wildman–Crippen MR) is 83.9 cm³/mol. The van der Waals surface area contributed by atoms with E-state index in [-0.39, 0.29) is 12.0 Å². The summed E-state index contributed by atoms with van der Waals surface area (Å²) in [6.07, 6.45) is 0. The zero-order valence-corrected chi connectivity index (χ0v) is 13.1. The quantitative estimate of drug-likeness (QED) is 0.834. The zero-order chi connectivity index (χ0) is 14.7. The minimum atomic E-state index is -0.340. The molecule has 3 nitrogen and oxygen atoms in total. The van der Waals surface area contributed by atoms with Crippen LogP contribution < -0.4 is 5.32 Å². The van der Waals surface area contributed by atoms with Gasteiger partial charge in [-0.25, -0.2) is 4.79 Å². The molecule has 0 fully saturated rings. The van der Waals surface area contributed by atoms with Crippen molar-refractivity contribution >= 4 is 34.6 Å². The summed E-state index contributed by atoms with van der Waals surface area (Å²) in [5, 5.41) is 3.33. The number of methoxy groups -OCH3 is 1. The lowest BCUT2D eigenvalue weighted by Gasteiger charge is -2.16. The molecule has 5 heteroatoms. The second-order valence-electron chi connectivity index (χ2n) is 4.55. The van der Waals surface area contributed by atoms with Crippen molar-refractivity contribution in [1.82, 2.24) is 0 Å². The molecule has 1 heterocycles. The minimum absolute atomic E-state index is 0.0682. The average molecular weight is 310 g/mol. The first kappa shape index (κ1) is 14.9. The number of anilines is 1. The number of rotatable bonds is 4. The summed E-state index contributed by atoms with van der Waals surface area (Å²) in [7, 11) is 1.39. The second kappa shape index (κ2) is 6.29. The summed E-state index contributed by atoms with van der Waals surface area (Å²) in [4.78, 5) is 12.9. The van der Waals surface area contributed by atoms with E-state index in [0.717, 1.165) is 20.5 Å². The highest BCUT2D eigenvalue weighted by molar-refractivity contribution is 7.16. The van der Waals surface area contributed by atoms with Gasteiger partial charge < -0.3 is 10.1 Å². The Balaban J connectivity index is 2.26. The minimum Gasteiger partial charge on any atom is -0.465 e. The highest BCUT2D eigenvalue weighted by Crippen LogP contribution is 2.30. The number of thiophene rings is 1. The van der Waals surface area contributed by atoms with Gasteiger partial charge in [-0.1, -0.05) is 23.2 Å². The third kappa shape index (κ3) is 3.32. The van der Waals surface area contributed by atoms with Crippen molar-refractivity contribution in [3.8, 4) is 0 Å². The molecule has 1 atom stereocenters. The first-order chi connectivity index (χ1) is 9.51. The maximum absolute atomic E-state index is 11.8. The van der Waals surface area contributed by atoms with E-state index in [1.807, 2.05) is 44.2 Å². The lowest BCUT2D eigenvalue weighted by Crippen LogP contribution is -2.11. The Bertz CT molecular complexity index is 624. The van der Waals surface area contributed by atoms with E-state index >= 15 is 0 Å². The van der Waals surface area contributed by atoms with E-state index < -0.39 is 0 Å². The van der Waals surface area contributed by atoms with Gasteiger partial charge >= 0.3 is 5.97 Å². The third-order valence-corrected chi connectivity index (χ3v) is 4.39. The van der Waals surface area contributed by atoms with Crippen molar-refractivity contribution in [2.75, 3.05) is 12.4 Å². The van der Waals surface area contributed by atoms with Gasteiger partial charge in [-0.05, 0) is 38.1 Å². The molecule has 0 aliphatic carbocycles. The fourth-order valence-electron chi connectivity index (χ4n) is 1.93. The summed E-state index contributed by atoms with van der Waals surface area (Å²) >= 11 is 7.47. The van der Waals surface area contributed by atoms with Gasteiger partial charge in [0.25, 0.3) is 0 Å². The van der Waals surface area contributed by atoms with Crippen LogP contribution in [0.15, 0.2) is 30.3 Å².